The summed E-state index contributed by atoms with van der Waals surface area (Å²) < 4.78 is 38.2. The Kier molecular flexibility index (Phi) is 4.16. The highest BCUT2D eigenvalue weighted by Crippen LogP contribution is 2.33. The molecule has 0 unspecified atom stereocenters. The van der Waals surface area contributed by atoms with E-state index in [4.69, 9.17) is 0 Å². The summed E-state index contributed by atoms with van der Waals surface area (Å²) in [5.74, 6) is 5.57. The molecule has 5 heteroatoms. The van der Waals surface area contributed by atoms with Crippen LogP contribution in [0, 0.1) is 17.3 Å². The fourth-order valence-corrected chi connectivity index (χ4v) is 2.91. The Morgan fingerprint density at radius 2 is 1.84 bits per heavy atom. The van der Waals surface area contributed by atoms with E-state index in [1.807, 2.05) is 13.8 Å². The second-order valence-electron chi connectivity index (χ2n) is 6.96. The van der Waals surface area contributed by atoms with Crippen LogP contribution in [0.25, 0.3) is 0 Å². The molecule has 2 aromatic rings. The molecule has 0 spiro atoms. The van der Waals surface area contributed by atoms with Crippen molar-refractivity contribution < 1.29 is 18.0 Å². The zero-order valence-electron chi connectivity index (χ0n) is 13.9. The molecule has 1 aliphatic rings. The quantitative estimate of drug-likeness (QED) is 0.652. The Hall–Kier alpha value is -2.61. The number of ketones is 1. The Bertz CT molecular complexity index is 901. The third-order valence-electron chi connectivity index (χ3n) is 4.08. The van der Waals surface area contributed by atoms with Gasteiger partial charge in [0.15, 0.2) is 5.78 Å². The van der Waals surface area contributed by atoms with Crippen molar-refractivity contribution in [3.05, 3.63) is 64.5 Å². The zero-order chi connectivity index (χ0) is 18.2. The number of Topliss-reactive ketones (excluding diaryl/α,β-unsaturated/α-hetero) is 1. The average molecular weight is 343 g/mol. The lowest BCUT2D eigenvalue weighted by molar-refractivity contribution is -0.137. The van der Waals surface area contributed by atoms with E-state index < -0.39 is 11.7 Å². The minimum Gasteiger partial charge on any atom is -0.294 e. The predicted molar refractivity (Wildman–Crippen MR) is 88.1 cm³/mol. The number of pyridine rings is 1. The third kappa shape index (κ3) is 3.90. The third-order valence-corrected chi connectivity index (χ3v) is 4.08. The summed E-state index contributed by atoms with van der Waals surface area (Å²) >= 11 is 0. The molecule has 0 saturated heterocycles. The number of aromatic nitrogens is 1. The fraction of sp³-hybridized carbons (Fsp3) is 0.300. The Morgan fingerprint density at radius 1 is 1.08 bits per heavy atom. The second kappa shape index (κ2) is 6.03. The van der Waals surface area contributed by atoms with Crippen LogP contribution in [0.1, 0.15) is 53.1 Å². The average Bonchev–Trinajstić information content (AvgIpc) is 2.51. The first kappa shape index (κ1) is 17.2. The van der Waals surface area contributed by atoms with E-state index in [1.54, 1.807) is 12.1 Å². The van der Waals surface area contributed by atoms with E-state index in [9.17, 15) is 18.0 Å². The van der Waals surface area contributed by atoms with E-state index in [0.29, 0.717) is 29.8 Å². The van der Waals surface area contributed by atoms with Gasteiger partial charge >= 0.3 is 6.18 Å². The smallest absolute Gasteiger partial charge is 0.294 e. The van der Waals surface area contributed by atoms with Gasteiger partial charge in [0.1, 0.15) is 5.69 Å². The van der Waals surface area contributed by atoms with Crippen LogP contribution >= 0.6 is 0 Å². The first-order valence-electron chi connectivity index (χ1n) is 7.86. The molecule has 128 valence electrons. The molecular weight excluding hydrogens is 327 g/mol. The van der Waals surface area contributed by atoms with Crippen LogP contribution in [-0.2, 0) is 12.6 Å². The normalized spacial score (nSPS) is 16.0. The fourth-order valence-electron chi connectivity index (χ4n) is 2.91. The standard InChI is InChI=1S/C20H16F3NO/c1-19(2)11-17-16(18(25)12-19)9-8-15(24-17)7-6-13-4-3-5-14(10-13)20(21,22)23/h3-5,8-10H,11-12H2,1-2H3. The minimum absolute atomic E-state index is 0.0659. The van der Waals surface area contributed by atoms with Crippen LogP contribution < -0.4 is 0 Å². The molecule has 1 aromatic carbocycles. The van der Waals surface area contributed by atoms with Crippen molar-refractivity contribution in [2.24, 2.45) is 5.41 Å². The molecule has 0 amide bonds. The highest BCUT2D eigenvalue weighted by atomic mass is 19.4. The van der Waals surface area contributed by atoms with E-state index in [1.165, 1.54) is 12.1 Å². The van der Waals surface area contributed by atoms with Gasteiger partial charge in [-0.1, -0.05) is 25.8 Å². The number of carbonyl (C=O) groups excluding carboxylic acids is 1. The summed E-state index contributed by atoms with van der Waals surface area (Å²) in [6, 6.07) is 8.21. The molecule has 0 aliphatic heterocycles. The number of alkyl halides is 3. The molecule has 25 heavy (non-hydrogen) atoms. The highest BCUT2D eigenvalue weighted by Gasteiger charge is 2.32. The Morgan fingerprint density at radius 3 is 2.56 bits per heavy atom. The number of fused-ring (bicyclic) bond motifs is 1. The minimum atomic E-state index is -4.40. The van der Waals surface area contributed by atoms with Gasteiger partial charge in [0.25, 0.3) is 0 Å². The highest BCUT2D eigenvalue weighted by molar-refractivity contribution is 5.98. The van der Waals surface area contributed by atoms with Gasteiger partial charge in [-0.05, 0) is 48.1 Å². The second-order valence-corrected chi connectivity index (χ2v) is 6.96. The van der Waals surface area contributed by atoms with Crippen molar-refractivity contribution in [1.29, 1.82) is 0 Å². The number of hydrogen-bond donors (Lipinski definition) is 0. The van der Waals surface area contributed by atoms with Gasteiger partial charge in [0.2, 0.25) is 0 Å². The molecule has 1 aliphatic carbocycles. The summed E-state index contributed by atoms with van der Waals surface area (Å²) in [6.07, 6.45) is -3.24. The lowest BCUT2D eigenvalue weighted by atomic mass is 9.75. The molecule has 1 heterocycles. The van der Waals surface area contributed by atoms with E-state index >= 15 is 0 Å². The van der Waals surface area contributed by atoms with Crippen LogP contribution in [0.5, 0.6) is 0 Å². The number of halogens is 3. The maximum Gasteiger partial charge on any atom is 0.416 e. The van der Waals surface area contributed by atoms with Gasteiger partial charge in [-0.2, -0.15) is 13.2 Å². The van der Waals surface area contributed by atoms with Gasteiger partial charge < -0.3 is 0 Å². The number of benzene rings is 1. The van der Waals surface area contributed by atoms with Gasteiger partial charge in [-0.25, -0.2) is 4.98 Å². The van der Waals surface area contributed by atoms with Crippen molar-refractivity contribution in [1.82, 2.24) is 4.98 Å². The molecule has 3 rings (SSSR count). The molecule has 2 nitrogen and oxygen atoms in total. The topological polar surface area (TPSA) is 30.0 Å². The van der Waals surface area contributed by atoms with Crippen LogP contribution in [0.4, 0.5) is 13.2 Å². The molecule has 0 fully saturated rings. The lowest BCUT2D eigenvalue weighted by Crippen LogP contribution is -2.28. The zero-order valence-corrected chi connectivity index (χ0v) is 13.9. The van der Waals surface area contributed by atoms with Gasteiger partial charge in [-0.3, -0.25) is 4.79 Å². The van der Waals surface area contributed by atoms with Crippen molar-refractivity contribution in [3.63, 3.8) is 0 Å². The molecule has 0 N–H and O–H groups in total. The summed E-state index contributed by atoms with van der Waals surface area (Å²) in [6.45, 7) is 4.02. The maximum atomic E-state index is 12.7. The van der Waals surface area contributed by atoms with Crippen LogP contribution in [0.2, 0.25) is 0 Å². The van der Waals surface area contributed by atoms with Gasteiger partial charge in [0.05, 0.1) is 11.3 Å². The SMILES string of the molecule is CC1(C)CC(=O)c2ccc(C#Cc3cccc(C(F)(F)F)c3)nc2C1. The Labute approximate surface area is 144 Å². The van der Waals surface area contributed by atoms with Crippen LogP contribution in [0.3, 0.4) is 0 Å². The summed E-state index contributed by atoms with van der Waals surface area (Å²) in [4.78, 5) is 16.6. The van der Waals surface area contributed by atoms with Crippen LogP contribution in [-0.4, -0.2) is 10.8 Å². The van der Waals surface area contributed by atoms with E-state index in [-0.39, 0.29) is 16.8 Å². The lowest BCUT2D eigenvalue weighted by Gasteiger charge is -2.29. The van der Waals surface area contributed by atoms with Crippen molar-refractivity contribution >= 4 is 5.78 Å². The van der Waals surface area contributed by atoms with Crippen molar-refractivity contribution in [3.8, 4) is 11.8 Å². The van der Waals surface area contributed by atoms with Crippen molar-refractivity contribution in [2.45, 2.75) is 32.9 Å². The first-order chi connectivity index (χ1) is 11.6. The van der Waals surface area contributed by atoms with E-state index in [0.717, 1.165) is 12.1 Å². The largest absolute Gasteiger partial charge is 0.416 e. The number of rotatable bonds is 0. The molecule has 0 saturated carbocycles. The summed E-state index contributed by atoms with van der Waals surface area (Å²) in [5, 5.41) is 0. The summed E-state index contributed by atoms with van der Waals surface area (Å²) in [7, 11) is 0. The molecule has 0 radical (unpaired) electrons. The maximum absolute atomic E-state index is 12.7. The molecule has 1 aromatic heterocycles. The number of carbonyl (C=O) groups is 1. The number of hydrogen-bond acceptors (Lipinski definition) is 2. The van der Waals surface area contributed by atoms with Gasteiger partial charge in [0, 0.05) is 17.5 Å². The van der Waals surface area contributed by atoms with Crippen molar-refractivity contribution in [2.75, 3.05) is 0 Å². The van der Waals surface area contributed by atoms with Gasteiger partial charge in [-0.15, -0.1) is 0 Å². The molecule has 0 atom stereocenters. The predicted octanol–water partition coefficient (Wildman–Crippen LogP) is 4.66. The molecular formula is C20H16F3NO. The first-order valence-corrected chi connectivity index (χ1v) is 7.86. The Balaban J connectivity index is 1.91. The monoisotopic (exact) mass is 343 g/mol. The van der Waals surface area contributed by atoms with Crippen LogP contribution in [0.15, 0.2) is 36.4 Å². The molecule has 0 bridgehead atoms. The van der Waals surface area contributed by atoms with E-state index in [2.05, 4.69) is 16.8 Å². The summed E-state index contributed by atoms with van der Waals surface area (Å²) in [5.41, 5.74) is 1.16. The number of nitrogens with zero attached hydrogens (tertiary/aromatic N) is 1.